The SMILES string of the molecule is CC1(C)CCN(c2ccc(CN)cc2C(F)(F)F)CC1. The van der Waals surface area contributed by atoms with Gasteiger partial charge in [0.05, 0.1) is 5.56 Å². The topological polar surface area (TPSA) is 29.3 Å². The molecule has 0 saturated carbocycles. The molecule has 5 heteroatoms. The Bertz CT molecular complexity index is 470. The van der Waals surface area contributed by atoms with E-state index in [0.29, 0.717) is 18.7 Å². The maximum absolute atomic E-state index is 13.2. The molecule has 1 aromatic carbocycles. The lowest BCUT2D eigenvalue weighted by atomic mass is 9.82. The van der Waals surface area contributed by atoms with Gasteiger partial charge in [-0.05, 0) is 36.0 Å². The standard InChI is InChI=1S/C15H21F3N2/c1-14(2)5-7-20(8-6-14)13-4-3-11(10-19)9-12(13)15(16,17)18/h3-4,9H,5-8,10,19H2,1-2H3. The zero-order valence-corrected chi connectivity index (χ0v) is 11.9. The highest BCUT2D eigenvalue weighted by Crippen LogP contribution is 2.40. The summed E-state index contributed by atoms with van der Waals surface area (Å²) in [5.74, 6) is 0. The average molecular weight is 286 g/mol. The predicted octanol–water partition coefficient (Wildman–Crippen LogP) is 3.79. The summed E-state index contributed by atoms with van der Waals surface area (Å²) in [5, 5.41) is 0. The molecule has 2 nitrogen and oxygen atoms in total. The van der Waals surface area contributed by atoms with Crippen LogP contribution in [0.1, 0.15) is 37.8 Å². The molecule has 0 unspecified atom stereocenters. The summed E-state index contributed by atoms with van der Waals surface area (Å²) in [6, 6.07) is 4.42. The van der Waals surface area contributed by atoms with Gasteiger partial charge in [0.15, 0.2) is 0 Å². The molecule has 0 atom stereocenters. The molecule has 0 aliphatic carbocycles. The van der Waals surface area contributed by atoms with Crippen molar-refractivity contribution in [2.75, 3.05) is 18.0 Å². The summed E-state index contributed by atoms with van der Waals surface area (Å²) in [6.45, 7) is 5.77. The van der Waals surface area contributed by atoms with Gasteiger partial charge in [-0.1, -0.05) is 19.9 Å². The Morgan fingerprint density at radius 1 is 1.20 bits per heavy atom. The summed E-state index contributed by atoms with van der Waals surface area (Å²) < 4.78 is 39.6. The molecule has 0 aromatic heterocycles. The third-order valence-corrected chi connectivity index (χ3v) is 4.06. The van der Waals surface area contributed by atoms with Crippen molar-refractivity contribution in [2.45, 2.75) is 39.4 Å². The van der Waals surface area contributed by atoms with E-state index in [1.807, 2.05) is 4.90 Å². The minimum Gasteiger partial charge on any atom is -0.371 e. The largest absolute Gasteiger partial charge is 0.418 e. The molecule has 1 aliphatic rings. The number of nitrogens with two attached hydrogens (primary N) is 1. The zero-order chi connectivity index (χ0) is 15.0. The normalized spacial score (nSPS) is 19.2. The second-order valence-corrected chi connectivity index (χ2v) is 6.20. The highest BCUT2D eigenvalue weighted by molar-refractivity contribution is 5.56. The molecule has 112 valence electrons. The highest BCUT2D eigenvalue weighted by atomic mass is 19.4. The molecular formula is C15H21F3N2. The summed E-state index contributed by atoms with van der Waals surface area (Å²) in [6.07, 6.45) is -2.53. The van der Waals surface area contributed by atoms with E-state index in [1.54, 1.807) is 12.1 Å². The first-order chi connectivity index (χ1) is 9.23. The third kappa shape index (κ3) is 3.26. The minimum atomic E-state index is -4.34. The molecule has 1 aromatic rings. The van der Waals surface area contributed by atoms with E-state index in [9.17, 15) is 13.2 Å². The van der Waals surface area contributed by atoms with Crippen LogP contribution in [0, 0.1) is 5.41 Å². The average Bonchev–Trinajstić information content (AvgIpc) is 2.37. The Labute approximate surface area is 117 Å². The van der Waals surface area contributed by atoms with Gasteiger partial charge < -0.3 is 10.6 Å². The number of hydrogen-bond acceptors (Lipinski definition) is 2. The second kappa shape index (κ2) is 5.28. The highest BCUT2D eigenvalue weighted by Gasteiger charge is 2.36. The Kier molecular flexibility index (Phi) is 4.00. The van der Waals surface area contributed by atoms with Crippen molar-refractivity contribution in [3.05, 3.63) is 29.3 Å². The second-order valence-electron chi connectivity index (χ2n) is 6.20. The first kappa shape index (κ1) is 15.2. The molecule has 1 aliphatic heterocycles. The summed E-state index contributed by atoms with van der Waals surface area (Å²) >= 11 is 0. The fourth-order valence-electron chi connectivity index (χ4n) is 2.57. The monoisotopic (exact) mass is 286 g/mol. The van der Waals surface area contributed by atoms with Crippen LogP contribution >= 0.6 is 0 Å². The fraction of sp³-hybridized carbons (Fsp3) is 0.600. The summed E-state index contributed by atoms with van der Waals surface area (Å²) in [4.78, 5) is 1.84. The van der Waals surface area contributed by atoms with Crippen molar-refractivity contribution in [1.82, 2.24) is 0 Å². The number of nitrogens with zero attached hydrogens (tertiary/aromatic N) is 1. The van der Waals surface area contributed by atoms with Crippen molar-refractivity contribution < 1.29 is 13.2 Å². The van der Waals surface area contributed by atoms with Gasteiger partial charge in [0, 0.05) is 25.3 Å². The molecule has 2 rings (SSSR count). The van der Waals surface area contributed by atoms with Gasteiger partial charge in [0.1, 0.15) is 0 Å². The quantitative estimate of drug-likeness (QED) is 0.896. The van der Waals surface area contributed by atoms with Gasteiger partial charge in [-0.25, -0.2) is 0 Å². The lowest BCUT2D eigenvalue weighted by Gasteiger charge is -2.39. The molecule has 0 radical (unpaired) electrons. The van der Waals surface area contributed by atoms with Crippen LogP contribution in [0.15, 0.2) is 18.2 Å². The van der Waals surface area contributed by atoms with Gasteiger partial charge in [0.25, 0.3) is 0 Å². The van der Waals surface area contributed by atoms with Crippen molar-refractivity contribution in [3.63, 3.8) is 0 Å². The van der Waals surface area contributed by atoms with E-state index in [2.05, 4.69) is 13.8 Å². The van der Waals surface area contributed by atoms with Gasteiger partial charge >= 0.3 is 6.18 Å². The third-order valence-electron chi connectivity index (χ3n) is 4.06. The molecule has 1 heterocycles. The van der Waals surface area contributed by atoms with Crippen LogP contribution in [0.2, 0.25) is 0 Å². The number of anilines is 1. The predicted molar refractivity (Wildman–Crippen MR) is 74.6 cm³/mol. The minimum absolute atomic E-state index is 0.121. The smallest absolute Gasteiger partial charge is 0.371 e. The molecule has 0 amide bonds. The van der Waals surface area contributed by atoms with Crippen molar-refractivity contribution in [3.8, 4) is 0 Å². The van der Waals surface area contributed by atoms with Crippen LogP contribution < -0.4 is 10.6 Å². The molecule has 0 spiro atoms. The molecule has 2 N–H and O–H groups in total. The first-order valence-corrected chi connectivity index (χ1v) is 6.88. The molecule has 1 fully saturated rings. The number of rotatable bonds is 2. The van der Waals surface area contributed by atoms with Gasteiger partial charge in [-0.2, -0.15) is 13.2 Å². The maximum Gasteiger partial charge on any atom is 0.418 e. The van der Waals surface area contributed by atoms with Gasteiger partial charge in [-0.3, -0.25) is 0 Å². The Balaban J connectivity index is 2.32. The number of halogens is 3. The number of benzene rings is 1. The molecule has 20 heavy (non-hydrogen) atoms. The first-order valence-electron chi connectivity index (χ1n) is 6.88. The molecule has 1 saturated heterocycles. The maximum atomic E-state index is 13.2. The van der Waals surface area contributed by atoms with E-state index >= 15 is 0 Å². The zero-order valence-electron chi connectivity index (χ0n) is 11.9. The van der Waals surface area contributed by atoms with E-state index in [4.69, 9.17) is 5.73 Å². The summed E-state index contributed by atoms with van der Waals surface area (Å²) in [7, 11) is 0. The molecule has 0 bridgehead atoms. The van der Waals surface area contributed by atoms with Crippen LogP contribution in [0.3, 0.4) is 0 Å². The number of hydrogen-bond donors (Lipinski definition) is 1. The number of alkyl halides is 3. The lowest BCUT2D eigenvalue weighted by molar-refractivity contribution is -0.137. The Morgan fingerprint density at radius 2 is 1.80 bits per heavy atom. The van der Waals surface area contributed by atoms with Crippen LogP contribution in [-0.2, 0) is 12.7 Å². The van der Waals surface area contributed by atoms with Crippen molar-refractivity contribution in [2.24, 2.45) is 11.1 Å². The van der Waals surface area contributed by atoms with Crippen molar-refractivity contribution in [1.29, 1.82) is 0 Å². The van der Waals surface area contributed by atoms with Crippen LogP contribution in [0.5, 0.6) is 0 Å². The van der Waals surface area contributed by atoms with Crippen LogP contribution in [0.25, 0.3) is 0 Å². The van der Waals surface area contributed by atoms with E-state index < -0.39 is 11.7 Å². The van der Waals surface area contributed by atoms with Crippen LogP contribution in [0.4, 0.5) is 18.9 Å². The Morgan fingerprint density at radius 3 is 2.30 bits per heavy atom. The summed E-state index contributed by atoms with van der Waals surface area (Å²) in [5.41, 5.74) is 5.89. The fourth-order valence-corrected chi connectivity index (χ4v) is 2.57. The van der Waals surface area contributed by atoms with Gasteiger partial charge in [-0.15, -0.1) is 0 Å². The van der Waals surface area contributed by atoms with Crippen LogP contribution in [-0.4, -0.2) is 13.1 Å². The van der Waals surface area contributed by atoms with E-state index in [1.165, 1.54) is 6.07 Å². The van der Waals surface area contributed by atoms with E-state index in [0.717, 1.165) is 12.8 Å². The van der Waals surface area contributed by atoms with Gasteiger partial charge in [0.2, 0.25) is 0 Å². The lowest BCUT2D eigenvalue weighted by Crippen LogP contribution is -2.38. The van der Waals surface area contributed by atoms with Crippen molar-refractivity contribution >= 4 is 5.69 Å². The Hall–Kier alpha value is -1.23. The number of piperidine rings is 1. The molecular weight excluding hydrogens is 265 g/mol. The van der Waals surface area contributed by atoms with E-state index in [-0.39, 0.29) is 17.6 Å².